The van der Waals surface area contributed by atoms with E-state index in [0.717, 1.165) is 58.6 Å². The summed E-state index contributed by atoms with van der Waals surface area (Å²) in [5.41, 5.74) is 4.24. The van der Waals surface area contributed by atoms with Gasteiger partial charge in [-0.25, -0.2) is 9.29 Å². The van der Waals surface area contributed by atoms with Gasteiger partial charge in [0.1, 0.15) is 11.4 Å². The van der Waals surface area contributed by atoms with Gasteiger partial charge in [0.25, 0.3) is 0 Å². The van der Waals surface area contributed by atoms with Crippen LogP contribution in [0.3, 0.4) is 0 Å². The van der Waals surface area contributed by atoms with Crippen molar-refractivity contribution in [3.05, 3.63) is 64.0 Å². The van der Waals surface area contributed by atoms with E-state index < -0.39 is 0 Å². The van der Waals surface area contributed by atoms with Gasteiger partial charge in [0.05, 0.1) is 12.0 Å². The van der Waals surface area contributed by atoms with Gasteiger partial charge in [-0.2, -0.15) is 0 Å². The quantitative estimate of drug-likeness (QED) is 0.507. The summed E-state index contributed by atoms with van der Waals surface area (Å²) in [7, 11) is 1.70. The van der Waals surface area contributed by atoms with Gasteiger partial charge in [-0.1, -0.05) is 29.2 Å². The number of methoxy groups -OCH3 is 1. The van der Waals surface area contributed by atoms with Gasteiger partial charge < -0.3 is 4.74 Å². The Morgan fingerprint density at radius 2 is 2.00 bits per heavy atom. The molecule has 1 aromatic carbocycles. The van der Waals surface area contributed by atoms with Crippen LogP contribution >= 0.6 is 23.5 Å². The third kappa shape index (κ3) is 5.52. The highest BCUT2D eigenvalue weighted by Crippen LogP contribution is 2.37. The second-order valence-corrected chi connectivity index (χ2v) is 8.05. The molecule has 0 aliphatic carbocycles. The van der Waals surface area contributed by atoms with E-state index in [0.29, 0.717) is 0 Å². The minimum atomic E-state index is 0.774. The van der Waals surface area contributed by atoms with Crippen LogP contribution in [0.5, 0.6) is 5.75 Å². The molecule has 0 spiro atoms. The maximum absolute atomic E-state index is 6.28. The molecule has 0 bridgehead atoms. The molecule has 3 rings (SSSR count). The van der Waals surface area contributed by atoms with E-state index in [-0.39, 0.29) is 0 Å². The first-order chi connectivity index (χ1) is 13.0. The van der Waals surface area contributed by atoms with Crippen LogP contribution in [0.25, 0.3) is 0 Å². The zero-order valence-corrected chi connectivity index (χ0v) is 17.5. The highest BCUT2D eigenvalue weighted by atomic mass is 35.5. The van der Waals surface area contributed by atoms with Crippen molar-refractivity contribution >= 4 is 23.5 Å². The Bertz CT molecular complexity index is 904. The summed E-state index contributed by atoms with van der Waals surface area (Å²) in [6.45, 7) is 5.93. The molecular formula is C22H23ClN2OS. The van der Waals surface area contributed by atoms with Gasteiger partial charge in [0.2, 0.25) is 0 Å². The highest BCUT2D eigenvalue weighted by Gasteiger charge is 2.17. The van der Waals surface area contributed by atoms with Crippen molar-refractivity contribution in [1.82, 2.24) is 9.29 Å². The summed E-state index contributed by atoms with van der Waals surface area (Å²) in [5.74, 6) is 7.16. The molecular weight excluding hydrogens is 376 g/mol. The van der Waals surface area contributed by atoms with Crippen molar-refractivity contribution in [3.8, 4) is 17.6 Å². The Balaban J connectivity index is 1.59. The number of benzene rings is 1. The molecule has 1 saturated heterocycles. The minimum absolute atomic E-state index is 0.774. The van der Waals surface area contributed by atoms with E-state index in [1.54, 1.807) is 19.1 Å². The third-order valence-corrected chi connectivity index (χ3v) is 5.95. The average Bonchev–Trinajstić information content (AvgIpc) is 2.66. The summed E-state index contributed by atoms with van der Waals surface area (Å²) < 4.78 is 7.86. The lowest BCUT2D eigenvalue weighted by Gasteiger charge is -2.27. The number of rotatable bonds is 3. The van der Waals surface area contributed by atoms with E-state index in [2.05, 4.69) is 27.2 Å². The first-order valence-electron chi connectivity index (χ1n) is 8.95. The van der Waals surface area contributed by atoms with Gasteiger partial charge in [0.15, 0.2) is 0 Å². The highest BCUT2D eigenvalue weighted by molar-refractivity contribution is 7.97. The Labute approximate surface area is 170 Å². The SMILES string of the molecule is COc1cc(C)c(Cl)cc1SN1CCC(=CC#Cc2cccc(C)n2)CC1. The van der Waals surface area contributed by atoms with Gasteiger partial charge in [-0.15, -0.1) is 0 Å². The number of hydrogen-bond donors (Lipinski definition) is 0. The largest absolute Gasteiger partial charge is 0.496 e. The fourth-order valence-corrected chi connectivity index (χ4v) is 4.11. The molecule has 1 fully saturated rings. The number of piperidine rings is 1. The summed E-state index contributed by atoms with van der Waals surface area (Å²) >= 11 is 8.00. The van der Waals surface area contributed by atoms with E-state index in [4.69, 9.17) is 16.3 Å². The molecule has 3 nitrogen and oxygen atoms in total. The van der Waals surface area contributed by atoms with E-state index in [1.165, 1.54) is 5.57 Å². The molecule has 0 N–H and O–H groups in total. The van der Waals surface area contributed by atoms with Crippen LogP contribution in [0.1, 0.15) is 29.8 Å². The Kier molecular flexibility index (Phi) is 6.84. The number of aromatic nitrogens is 1. The van der Waals surface area contributed by atoms with Crippen molar-refractivity contribution in [2.45, 2.75) is 31.6 Å². The Hall–Kier alpha value is -1.93. The predicted molar refractivity (Wildman–Crippen MR) is 113 cm³/mol. The molecule has 0 atom stereocenters. The fourth-order valence-electron chi connectivity index (χ4n) is 2.84. The zero-order valence-electron chi connectivity index (χ0n) is 15.9. The molecule has 27 heavy (non-hydrogen) atoms. The molecule has 0 amide bonds. The van der Waals surface area contributed by atoms with Crippen molar-refractivity contribution in [2.75, 3.05) is 20.2 Å². The molecule has 1 aliphatic heterocycles. The van der Waals surface area contributed by atoms with E-state index >= 15 is 0 Å². The standard InChI is InChI=1S/C22H23ClN2OS/c1-16-14-21(26-3)22(15-20(16)23)27-25-12-10-18(11-13-25)7-5-9-19-8-4-6-17(2)24-19/h4,6-8,14-15H,10-13H2,1-3H3. The van der Waals surface area contributed by atoms with Crippen molar-refractivity contribution in [3.63, 3.8) is 0 Å². The zero-order chi connectivity index (χ0) is 19.2. The molecule has 2 heterocycles. The number of allylic oxidation sites excluding steroid dienone is 1. The molecule has 5 heteroatoms. The number of aryl methyl sites for hydroxylation is 2. The van der Waals surface area contributed by atoms with Crippen LogP contribution in [0.15, 0.2) is 46.9 Å². The van der Waals surface area contributed by atoms with Crippen LogP contribution in [-0.4, -0.2) is 29.5 Å². The second kappa shape index (κ2) is 9.32. The lowest BCUT2D eigenvalue weighted by molar-refractivity contribution is 0.400. The Morgan fingerprint density at radius 1 is 1.22 bits per heavy atom. The van der Waals surface area contributed by atoms with Crippen molar-refractivity contribution < 1.29 is 4.74 Å². The van der Waals surface area contributed by atoms with Gasteiger partial charge in [-0.05, 0) is 80.5 Å². The number of halogens is 1. The van der Waals surface area contributed by atoms with Crippen molar-refractivity contribution in [1.29, 1.82) is 0 Å². The molecule has 0 saturated carbocycles. The minimum Gasteiger partial charge on any atom is -0.496 e. The molecule has 1 aromatic heterocycles. The topological polar surface area (TPSA) is 25.4 Å². The van der Waals surface area contributed by atoms with Gasteiger partial charge >= 0.3 is 0 Å². The number of pyridine rings is 1. The Morgan fingerprint density at radius 3 is 2.70 bits per heavy atom. The molecule has 0 radical (unpaired) electrons. The van der Waals surface area contributed by atoms with E-state index in [1.807, 2.05) is 44.2 Å². The van der Waals surface area contributed by atoms with Gasteiger partial charge in [-0.3, -0.25) is 0 Å². The maximum Gasteiger partial charge on any atom is 0.134 e. The van der Waals surface area contributed by atoms with Crippen LogP contribution < -0.4 is 4.74 Å². The van der Waals surface area contributed by atoms with Crippen molar-refractivity contribution in [2.24, 2.45) is 0 Å². The smallest absolute Gasteiger partial charge is 0.134 e. The summed E-state index contributed by atoms with van der Waals surface area (Å²) in [6.07, 6.45) is 4.09. The lowest BCUT2D eigenvalue weighted by atomic mass is 10.1. The molecule has 2 aromatic rings. The first-order valence-corrected chi connectivity index (χ1v) is 10.1. The summed E-state index contributed by atoms with van der Waals surface area (Å²) in [4.78, 5) is 5.47. The maximum atomic E-state index is 6.28. The van der Waals surface area contributed by atoms with Gasteiger partial charge in [0, 0.05) is 23.8 Å². The van der Waals surface area contributed by atoms with Crippen LogP contribution in [0, 0.1) is 25.7 Å². The van der Waals surface area contributed by atoms with Crippen LogP contribution in [0.4, 0.5) is 0 Å². The van der Waals surface area contributed by atoms with E-state index in [9.17, 15) is 0 Å². The van der Waals surface area contributed by atoms with Crippen LogP contribution in [-0.2, 0) is 0 Å². The second-order valence-electron chi connectivity index (χ2n) is 6.51. The summed E-state index contributed by atoms with van der Waals surface area (Å²) in [5, 5.41) is 0.774. The normalized spacial score (nSPS) is 14.4. The number of ether oxygens (including phenoxy) is 1. The first kappa shape index (κ1) is 19.8. The molecule has 0 unspecified atom stereocenters. The fraction of sp³-hybridized carbons (Fsp3) is 0.318. The van der Waals surface area contributed by atoms with Crippen LogP contribution in [0.2, 0.25) is 5.02 Å². The summed E-state index contributed by atoms with van der Waals surface area (Å²) in [6, 6.07) is 9.90. The predicted octanol–water partition coefficient (Wildman–Crippen LogP) is 5.44. The number of nitrogens with zero attached hydrogens (tertiary/aromatic N) is 2. The lowest BCUT2D eigenvalue weighted by Crippen LogP contribution is -2.24. The molecule has 140 valence electrons. The average molecular weight is 399 g/mol. The molecule has 1 aliphatic rings. The number of hydrogen-bond acceptors (Lipinski definition) is 4. The monoisotopic (exact) mass is 398 g/mol. The third-order valence-electron chi connectivity index (χ3n) is 4.40.